The SMILES string of the molecule is CCc1ccc(C(=O)C(C)(C)C)cc1. The van der Waals surface area contributed by atoms with Gasteiger partial charge in [-0.15, -0.1) is 0 Å². The second-order valence-electron chi connectivity index (χ2n) is 4.63. The molecule has 0 bridgehead atoms. The van der Waals surface area contributed by atoms with Crippen LogP contribution < -0.4 is 0 Å². The number of carbonyl (C=O) groups excluding carboxylic acids is 1. The molecule has 0 aromatic heterocycles. The maximum atomic E-state index is 11.9. The molecule has 0 amide bonds. The van der Waals surface area contributed by atoms with Crippen molar-refractivity contribution in [2.45, 2.75) is 34.1 Å². The van der Waals surface area contributed by atoms with Gasteiger partial charge in [0.2, 0.25) is 0 Å². The summed E-state index contributed by atoms with van der Waals surface area (Å²) in [6.07, 6.45) is 1.02. The molecular formula is C13H18O. The molecule has 0 radical (unpaired) electrons. The Morgan fingerprint density at radius 1 is 1.14 bits per heavy atom. The Hall–Kier alpha value is -1.11. The van der Waals surface area contributed by atoms with E-state index in [4.69, 9.17) is 0 Å². The number of ketones is 1. The predicted molar refractivity (Wildman–Crippen MR) is 59.6 cm³/mol. The van der Waals surface area contributed by atoms with Gasteiger partial charge in [0.25, 0.3) is 0 Å². The second kappa shape index (κ2) is 3.95. The highest BCUT2D eigenvalue weighted by atomic mass is 16.1. The molecule has 0 saturated heterocycles. The van der Waals surface area contributed by atoms with Crippen LogP contribution in [0, 0.1) is 5.41 Å². The molecule has 1 aromatic rings. The summed E-state index contributed by atoms with van der Waals surface area (Å²) in [6.45, 7) is 7.95. The van der Waals surface area contributed by atoms with Crippen molar-refractivity contribution in [3.63, 3.8) is 0 Å². The Labute approximate surface area is 86.1 Å². The molecule has 1 aromatic carbocycles. The zero-order chi connectivity index (χ0) is 10.8. The Bertz CT molecular complexity index is 314. The van der Waals surface area contributed by atoms with Gasteiger partial charge in [0.05, 0.1) is 0 Å². The molecule has 0 fully saturated rings. The third-order valence-corrected chi connectivity index (χ3v) is 2.31. The summed E-state index contributed by atoms with van der Waals surface area (Å²) in [4.78, 5) is 11.9. The molecule has 1 rings (SSSR count). The topological polar surface area (TPSA) is 17.1 Å². The molecule has 0 N–H and O–H groups in total. The highest BCUT2D eigenvalue weighted by Crippen LogP contribution is 2.20. The van der Waals surface area contributed by atoms with Crippen LogP contribution in [0.15, 0.2) is 24.3 Å². The quantitative estimate of drug-likeness (QED) is 0.652. The van der Waals surface area contributed by atoms with E-state index < -0.39 is 0 Å². The van der Waals surface area contributed by atoms with Crippen molar-refractivity contribution in [1.82, 2.24) is 0 Å². The summed E-state index contributed by atoms with van der Waals surface area (Å²) in [5.74, 6) is 0.208. The van der Waals surface area contributed by atoms with Gasteiger partial charge in [-0.25, -0.2) is 0 Å². The van der Waals surface area contributed by atoms with Gasteiger partial charge in [0.15, 0.2) is 5.78 Å². The number of carbonyl (C=O) groups is 1. The van der Waals surface area contributed by atoms with Crippen molar-refractivity contribution in [2.75, 3.05) is 0 Å². The number of benzene rings is 1. The lowest BCUT2D eigenvalue weighted by atomic mass is 9.86. The first kappa shape index (κ1) is 11.0. The minimum atomic E-state index is -0.284. The van der Waals surface area contributed by atoms with E-state index in [0.717, 1.165) is 12.0 Å². The number of rotatable bonds is 2. The van der Waals surface area contributed by atoms with E-state index in [1.54, 1.807) is 0 Å². The standard InChI is InChI=1S/C13H18O/c1-5-10-6-8-11(9-7-10)12(14)13(2,3)4/h6-9H,5H2,1-4H3. The molecule has 14 heavy (non-hydrogen) atoms. The van der Waals surface area contributed by atoms with Crippen molar-refractivity contribution in [3.8, 4) is 0 Å². The van der Waals surface area contributed by atoms with Gasteiger partial charge < -0.3 is 0 Å². The summed E-state index contributed by atoms with van der Waals surface area (Å²) < 4.78 is 0. The number of aryl methyl sites for hydroxylation is 1. The lowest BCUT2D eigenvalue weighted by Crippen LogP contribution is -2.20. The Kier molecular flexibility index (Phi) is 3.10. The number of hydrogen-bond donors (Lipinski definition) is 0. The van der Waals surface area contributed by atoms with E-state index in [2.05, 4.69) is 6.92 Å². The second-order valence-corrected chi connectivity index (χ2v) is 4.63. The lowest BCUT2D eigenvalue weighted by Gasteiger charge is -2.16. The van der Waals surface area contributed by atoms with Gasteiger partial charge in [-0.1, -0.05) is 52.0 Å². The number of hydrogen-bond acceptors (Lipinski definition) is 1. The largest absolute Gasteiger partial charge is 0.294 e. The van der Waals surface area contributed by atoms with E-state index in [9.17, 15) is 4.79 Å². The third-order valence-electron chi connectivity index (χ3n) is 2.31. The van der Waals surface area contributed by atoms with Crippen molar-refractivity contribution in [2.24, 2.45) is 5.41 Å². The molecule has 0 saturated carbocycles. The first-order valence-corrected chi connectivity index (χ1v) is 5.09. The van der Waals surface area contributed by atoms with Crippen molar-refractivity contribution >= 4 is 5.78 Å². The van der Waals surface area contributed by atoms with Gasteiger partial charge in [-0.2, -0.15) is 0 Å². The lowest BCUT2D eigenvalue weighted by molar-refractivity contribution is 0.0858. The summed E-state index contributed by atoms with van der Waals surface area (Å²) >= 11 is 0. The fourth-order valence-electron chi connectivity index (χ4n) is 1.32. The van der Waals surface area contributed by atoms with Crippen molar-refractivity contribution in [3.05, 3.63) is 35.4 Å². The van der Waals surface area contributed by atoms with Gasteiger partial charge in [-0.3, -0.25) is 4.79 Å². The zero-order valence-electron chi connectivity index (χ0n) is 9.42. The normalized spacial score (nSPS) is 11.4. The highest BCUT2D eigenvalue weighted by Gasteiger charge is 2.22. The average molecular weight is 190 g/mol. The monoisotopic (exact) mass is 190 g/mol. The molecule has 76 valence electrons. The Morgan fingerprint density at radius 3 is 2.00 bits per heavy atom. The van der Waals surface area contributed by atoms with Gasteiger partial charge >= 0.3 is 0 Å². The summed E-state index contributed by atoms with van der Waals surface area (Å²) in [6, 6.07) is 7.90. The maximum Gasteiger partial charge on any atom is 0.168 e. The fraction of sp³-hybridized carbons (Fsp3) is 0.462. The van der Waals surface area contributed by atoms with E-state index >= 15 is 0 Å². The molecule has 0 heterocycles. The van der Waals surface area contributed by atoms with Crippen LogP contribution in [-0.2, 0) is 6.42 Å². The molecule has 0 aliphatic rings. The zero-order valence-corrected chi connectivity index (χ0v) is 9.42. The van der Waals surface area contributed by atoms with Gasteiger partial charge in [0, 0.05) is 11.0 Å². The van der Waals surface area contributed by atoms with Crippen LogP contribution in [0.2, 0.25) is 0 Å². The van der Waals surface area contributed by atoms with Crippen molar-refractivity contribution < 1.29 is 4.79 Å². The van der Waals surface area contributed by atoms with Gasteiger partial charge in [-0.05, 0) is 12.0 Å². The van der Waals surface area contributed by atoms with Crippen molar-refractivity contribution in [1.29, 1.82) is 0 Å². The van der Waals surface area contributed by atoms with Crippen LogP contribution in [0.3, 0.4) is 0 Å². The molecule has 0 unspecified atom stereocenters. The Balaban J connectivity index is 2.93. The summed E-state index contributed by atoms with van der Waals surface area (Å²) in [7, 11) is 0. The number of Topliss-reactive ketones (excluding diaryl/α,β-unsaturated/α-hetero) is 1. The van der Waals surface area contributed by atoms with Crippen LogP contribution in [-0.4, -0.2) is 5.78 Å². The van der Waals surface area contributed by atoms with Crippen LogP contribution in [0.1, 0.15) is 43.6 Å². The van der Waals surface area contributed by atoms with Crippen LogP contribution in [0.5, 0.6) is 0 Å². The van der Waals surface area contributed by atoms with E-state index in [-0.39, 0.29) is 11.2 Å². The summed E-state index contributed by atoms with van der Waals surface area (Å²) in [5.41, 5.74) is 1.80. The van der Waals surface area contributed by atoms with E-state index in [0.29, 0.717) is 0 Å². The minimum Gasteiger partial charge on any atom is -0.294 e. The first-order chi connectivity index (χ1) is 6.45. The molecule has 0 aliphatic carbocycles. The average Bonchev–Trinajstić information content (AvgIpc) is 2.15. The maximum absolute atomic E-state index is 11.9. The summed E-state index contributed by atoms with van der Waals surface area (Å²) in [5, 5.41) is 0. The van der Waals surface area contributed by atoms with E-state index in [1.807, 2.05) is 45.0 Å². The third kappa shape index (κ3) is 2.44. The van der Waals surface area contributed by atoms with Gasteiger partial charge in [0.1, 0.15) is 0 Å². The highest BCUT2D eigenvalue weighted by molar-refractivity contribution is 5.99. The van der Waals surface area contributed by atoms with E-state index in [1.165, 1.54) is 5.56 Å². The minimum absolute atomic E-state index is 0.208. The molecule has 1 nitrogen and oxygen atoms in total. The smallest absolute Gasteiger partial charge is 0.168 e. The van der Waals surface area contributed by atoms with Crippen LogP contribution in [0.4, 0.5) is 0 Å². The molecule has 0 atom stereocenters. The fourth-order valence-corrected chi connectivity index (χ4v) is 1.32. The first-order valence-electron chi connectivity index (χ1n) is 5.09. The molecule has 1 heteroatoms. The molecule has 0 aliphatic heterocycles. The predicted octanol–water partition coefficient (Wildman–Crippen LogP) is 3.48. The molecule has 0 spiro atoms. The Morgan fingerprint density at radius 2 is 1.64 bits per heavy atom. The van der Waals surface area contributed by atoms with Crippen LogP contribution >= 0.6 is 0 Å². The molecular weight excluding hydrogens is 172 g/mol. The van der Waals surface area contributed by atoms with Crippen LogP contribution in [0.25, 0.3) is 0 Å².